The molecule has 3 heteroatoms. The van der Waals surface area contributed by atoms with Crippen molar-refractivity contribution in [3.8, 4) is 0 Å². The average Bonchev–Trinajstić information content (AvgIpc) is 1.97. The SMILES string of the molecule is CCOC1(Cl)C=CC(O)=CC1. The molecule has 0 saturated carbocycles. The Morgan fingerprint density at radius 2 is 2.55 bits per heavy atom. The number of allylic oxidation sites excluding steroid dienone is 1. The molecule has 0 aromatic rings. The smallest absolute Gasteiger partial charge is 0.164 e. The third kappa shape index (κ3) is 2.24. The summed E-state index contributed by atoms with van der Waals surface area (Å²) in [5.74, 6) is 0.251. The molecule has 1 aliphatic carbocycles. The number of aliphatic hydroxyl groups is 1. The largest absolute Gasteiger partial charge is 0.508 e. The molecule has 1 aliphatic rings. The average molecular weight is 175 g/mol. The molecule has 1 unspecified atom stereocenters. The first kappa shape index (κ1) is 8.62. The van der Waals surface area contributed by atoms with Crippen LogP contribution in [-0.2, 0) is 4.74 Å². The molecular weight excluding hydrogens is 164 g/mol. The number of halogens is 1. The maximum atomic E-state index is 8.97. The van der Waals surface area contributed by atoms with E-state index in [-0.39, 0.29) is 5.76 Å². The van der Waals surface area contributed by atoms with Crippen LogP contribution in [0.3, 0.4) is 0 Å². The Kier molecular flexibility index (Phi) is 2.58. The minimum atomic E-state index is -0.735. The molecule has 0 radical (unpaired) electrons. The Bertz CT molecular complexity index is 198. The van der Waals surface area contributed by atoms with E-state index in [0.717, 1.165) is 0 Å². The first-order valence-corrected chi connectivity index (χ1v) is 3.95. The number of hydrogen-bond donors (Lipinski definition) is 1. The van der Waals surface area contributed by atoms with Gasteiger partial charge in [-0.1, -0.05) is 11.6 Å². The molecule has 0 fully saturated rings. The topological polar surface area (TPSA) is 29.5 Å². The Morgan fingerprint density at radius 3 is 3.00 bits per heavy atom. The number of aliphatic hydroxyl groups excluding tert-OH is 1. The lowest BCUT2D eigenvalue weighted by Gasteiger charge is -2.23. The van der Waals surface area contributed by atoms with Crippen molar-refractivity contribution in [2.24, 2.45) is 0 Å². The standard InChI is InChI=1S/C8H11ClO2/c1-2-11-8(9)5-3-7(10)4-6-8/h3-5,10H,2,6H2,1H3. The first-order valence-electron chi connectivity index (χ1n) is 3.57. The molecule has 0 spiro atoms. The Hall–Kier alpha value is -0.470. The van der Waals surface area contributed by atoms with Crippen LogP contribution in [0.15, 0.2) is 24.0 Å². The normalized spacial score (nSPS) is 30.2. The van der Waals surface area contributed by atoms with Gasteiger partial charge in [0.05, 0.1) is 0 Å². The van der Waals surface area contributed by atoms with E-state index in [9.17, 15) is 0 Å². The van der Waals surface area contributed by atoms with Crippen molar-refractivity contribution >= 4 is 11.6 Å². The van der Waals surface area contributed by atoms with Gasteiger partial charge < -0.3 is 9.84 Å². The maximum Gasteiger partial charge on any atom is 0.164 e. The molecular formula is C8H11ClO2. The predicted molar refractivity (Wildman–Crippen MR) is 44.7 cm³/mol. The monoisotopic (exact) mass is 174 g/mol. The second-order valence-electron chi connectivity index (χ2n) is 2.39. The fraction of sp³-hybridized carbons (Fsp3) is 0.500. The zero-order valence-corrected chi connectivity index (χ0v) is 7.14. The van der Waals surface area contributed by atoms with E-state index in [1.165, 1.54) is 0 Å². The fourth-order valence-electron chi connectivity index (χ4n) is 0.937. The number of rotatable bonds is 2. The van der Waals surface area contributed by atoms with Crippen LogP contribution in [0, 0.1) is 0 Å². The lowest BCUT2D eigenvalue weighted by atomic mass is 10.1. The molecule has 2 nitrogen and oxygen atoms in total. The highest BCUT2D eigenvalue weighted by atomic mass is 35.5. The van der Waals surface area contributed by atoms with Crippen LogP contribution in [0.25, 0.3) is 0 Å². The van der Waals surface area contributed by atoms with Gasteiger partial charge >= 0.3 is 0 Å². The molecule has 0 amide bonds. The molecule has 0 saturated heterocycles. The van der Waals surface area contributed by atoms with Gasteiger partial charge in [-0.25, -0.2) is 0 Å². The van der Waals surface area contributed by atoms with E-state index >= 15 is 0 Å². The zero-order chi connectivity index (χ0) is 8.32. The summed E-state index contributed by atoms with van der Waals surface area (Å²) in [5.41, 5.74) is 0. The molecule has 1 N–H and O–H groups in total. The zero-order valence-electron chi connectivity index (χ0n) is 6.38. The van der Waals surface area contributed by atoms with Crippen molar-refractivity contribution in [3.05, 3.63) is 24.0 Å². The van der Waals surface area contributed by atoms with E-state index in [1.807, 2.05) is 6.92 Å². The summed E-state index contributed by atoms with van der Waals surface area (Å²) in [6.45, 7) is 2.46. The van der Waals surface area contributed by atoms with Crippen LogP contribution in [0.2, 0.25) is 0 Å². The van der Waals surface area contributed by atoms with Crippen molar-refractivity contribution in [1.82, 2.24) is 0 Å². The molecule has 62 valence electrons. The highest BCUT2D eigenvalue weighted by Crippen LogP contribution is 2.28. The van der Waals surface area contributed by atoms with Gasteiger partial charge in [-0.2, -0.15) is 0 Å². The van der Waals surface area contributed by atoms with Gasteiger partial charge in [0.2, 0.25) is 0 Å². The Labute approximate surface area is 71.1 Å². The van der Waals surface area contributed by atoms with Gasteiger partial charge in [-0.15, -0.1) is 0 Å². The molecule has 11 heavy (non-hydrogen) atoms. The van der Waals surface area contributed by atoms with Crippen molar-refractivity contribution in [3.63, 3.8) is 0 Å². The van der Waals surface area contributed by atoms with Crippen molar-refractivity contribution in [2.45, 2.75) is 18.4 Å². The highest BCUT2D eigenvalue weighted by molar-refractivity contribution is 6.24. The van der Waals surface area contributed by atoms with Crippen LogP contribution < -0.4 is 0 Å². The van der Waals surface area contributed by atoms with Gasteiger partial charge in [0.1, 0.15) is 5.76 Å². The van der Waals surface area contributed by atoms with Gasteiger partial charge in [-0.3, -0.25) is 0 Å². The van der Waals surface area contributed by atoms with Crippen LogP contribution in [-0.4, -0.2) is 16.8 Å². The molecule has 0 heterocycles. The molecule has 0 aromatic carbocycles. The summed E-state index contributed by atoms with van der Waals surface area (Å²) in [6.07, 6.45) is 5.37. The molecule has 1 atom stereocenters. The van der Waals surface area contributed by atoms with Crippen LogP contribution >= 0.6 is 11.6 Å². The summed E-state index contributed by atoms with van der Waals surface area (Å²) in [7, 11) is 0. The Balaban J connectivity index is 2.58. The Morgan fingerprint density at radius 1 is 1.82 bits per heavy atom. The minimum absolute atomic E-state index is 0.251. The van der Waals surface area contributed by atoms with Gasteiger partial charge in [0, 0.05) is 13.0 Å². The molecule has 0 aromatic heterocycles. The molecule has 0 aliphatic heterocycles. The van der Waals surface area contributed by atoms with Crippen molar-refractivity contribution in [1.29, 1.82) is 0 Å². The lowest BCUT2D eigenvalue weighted by Crippen LogP contribution is -2.23. The maximum absolute atomic E-state index is 8.97. The summed E-state index contributed by atoms with van der Waals surface area (Å²) in [4.78, 5) is 0. The third-order valence-electron chi connectivity index (χ3n) is 1.48. The summed E-state index contributed by atoms with van der Waals surface area (Å²) in [5, 5.41) is 8.23. The van der Waals surface area contributed by atoms with Gasteiger partial charge in [-0.05, 0) is 25.2 Å². The predicted octanol–water partition coefficient (Wildman–Crippen LogP) is 2.36. The van der Waals surface area contributed by atoms with Crippen molar-refractivity contribution < 1.29 is 9.84 Å². The van der Waals surface area contributed by atoms with Gasteiger partial charge in [0.15, 0.2) is 5.06 Å². The van der Waals surface area contributed by atoms with E-state index in [2.05, 4.69) is 0 Å². The van der Waals surface area contributed by atoms with E-state index < -0.39 is 5.06 Å². The highest BCUT2D eigenvalue weighted by Gasteiger charge is 2.25. The minimum Gasteiger partial charge on any atom is -0.508 e. The van der Waals surface area contributed by atoms with Crippen LogP contribution in [0.1, 0.15) is 13.3 Å². The van der Waals surface area contributed by atoms with E-state index in [1.54, 1.807) is 18.2 Å². The number of hydrogen-bond acceptors (Lipinski definition) is 2. The molecule has 0 bridgehead atoms. The van der Waals surface area contributed by atoms with E-state index in [4.69, 9.17) is 21.4 Å². The summed E-state index contributed by atoms with van der Waals surface area (Å²) < 4.78 is 5.24. The molecule has 1 rings (SSSR count). The van der Waals surface area contributed by atoms with Crippen molar-refractivity contribution in [2.75, 3.05) is 6.61 Å². The fourth-order valence-corrected chi connectivity index (χ4v) is 1.19. The first-order chi connectivity index (χ1) is 5.16. The lowest BCUT2D eigenvalue weighted by molar-refractivity contribution is 0.0637. The summed E-state index contributed by atoms with van der Waals surface area (Å²) in [6, 6.07) is 0. The second-order valence-corrected chi connectivity index (χ2v) is 3.03. The van der Waals surface area contributed by atoms with E-state index in [0.29, 0.717) is 13.0 Å². The number of alkyl halides is 1. The van der Waals surface area contributed by atoms with Crippen LogP contribution in [0.4, 0.5) is 0 Å². The quantitative estimate of drug-likeness (QED) is 0.652. The second kappa shape index (κ2) is 3.28. The third-order valence-corrected chi connectivity index (χ3v) is 1.87. The van der Waals surface area contributed by atoms with Crippen LogP contribution in [0.5, 0.6) is 0 Å². The number of ether oxygens (including phenoxy) is 1. The van der Waals surface area contributed by atoms with Gasteiger partial charge in [0.25, 0.3) is 0 Å². The summed E-state index contributed by atoms with van der Waals surface area (Å²) >= 11 is 5.98.